The summed E-state index contributed by atoms with van der Waals surface area (Å²) >= 11 is 11.3. The quantitative estimate of drug-likeness (QED) is 0.783. The average molecular weight is 363 g/mol. The molecule has 0 heterocycles. The van der Waals surface area contributed by atoms with E-state index in [1.54, 1.807) is 30.3 Å². The summed E-state index contributed by atoms with van der Waals surface area (Å²) in [4.78, 5) is 12.2. The maximum absolute atomic E-state index is 12.2. The van der Waals surface area contributed by atoms with Gasteiger partial charge in [-0.05, 0) is 75.0 Å². The van der Waals surface area contributed by atoms with E-state index in [2.05, 4.69) is 10.6 Å². The van der Waals surface area contributed by atoms with Crippen LogP contribution >= 0.6 is 23.8 Å². The molecule has 0 aromatic heterocycles. The SMILES string of the molecule is Cc1c(Cl)cccc1NC(=S)NC(=O)c1ccc(OC(C)C)cc1. The van der Waals surface area contributed by atoms with Gasteiger partial charge < -0.3 is 10.1 Å². The molecule has 0 atom stereocenters. The van der Waals surface area contributed by atoms with Crippen LogP contribution in [0.15, 0.2) is 42.5 Å². The summed E-state index contributed by atoms with van der Waals surface area (Å²) in [7, 11) is 0. The first-order valence-corrected chi connectivity index (χ1v) is 8.29. The fraction of sp³-hybridized carbons (Fsp3) is 0.222. The van der Waals surface area contributed by atoms with Gasteiger partial charge in [0.25, 0.3) is 5.91 Å². The minimum absolute atomic E-state index is 0.0855. The van der Waals surface area contributed by atoms with Crippen molar-refractivity contribution in [2.24, 2.45) is 0 Å². The van der Waals surface area contributed by atoms with Crippen LogP contribution in [0.1, 0.15) is 29.8 Å². The van der Waals surface area contributed by atoms with Crippen LogP contribution in [0.25, 0.3) is 0 Å². The number of hydrogen-bond donors (Lipinski definition) is 2. The van der Waals surface area contributed by atoms with Crippen molar-refractivity contribution in [3.63, 3.8) is 0 Å². The molecular weight excluding hydrogens is 344 g/mol. The second-order valence-electron chi connectivity index (χ2n) is 5.51. The molecule has 0 saturated heterocycles. The predicted molar refractivity (Wildman–Crippen MR) is 102 cm³/mol. The summed E-state index contributed by atoms with van der Waals surface area (Å²) < 4.78 is 5.55. The van der Waals surface area contributed by atoms with Gasteiger partial charge in [-0.3, -0.25) is 10.1 Å². The molecule has 0 unspecified atom stereocenters. The summed E-state index contributed by atoms with van der Waals surface area (Å²) in [6.07, 6.45) is 0.0855. The van der Waals surface area contributed by atoms with Crippen LogP contribution < -0.4 is 15.4 Å². The second kappa shape index (κ2) is 8.13. The van der Waals surface area contributed by atoms with E-state index in [1.807, 2.05) is 32.9 Å². The Hall–Kier alpha value is -2.11. The monoisotopic (exact) mass is 362 g/mol. The molecule has 0 aliphatic heterocycles. The third-order valence-corrected chi connectivity index (χ3v) is 3.84. The lowest BCUT2D eigenvalue weighted by atomic mass is 10.2. The van der Waals surface area contributed by atoms with Crippen molar-refractivity contribution in [3.8, 4) is 5.75 Å². The Morgan fingerprint density at radius 3 is 2.46 bits per heavy atom. The topological polar surface area (TPSA) is 50.4 Å². The number of benzene rings is 2. The van der Waals surface area contributed by atoms with Crippen molar-refractivity contribution in [1.29, 1.82) is 0 Å². The summed E-state index contributed by atoms with van der Waals surface area (Å²) in [6.45, 7) is 5.77. The molecule has 126 valence electrons. The van der Waals surface area contributed by atoms with E-state index in [-0.39, 0.29) is 17.1 Å². The zero-order chi connectivity index (χ0) is 17.7. The number of halogens is 1. The van der Waals surface area contributed by atoms with Crippen molar-refractivity contribution in [1.82, 2.24) is 5.32 Å². The summed E-state index contributed by atoms with van der Waals surface area (Å²) in [5, 5.41) is 6.48. The number of rotatable bonds is 4. The minimum atomic E-state index is -0.289. The van der Waals surface area contributed by atoms with Gasteiger partial charge in [-0.15, -0.1) is 0 Å². The number of nitrogens with one attached hydrogen (secondary N) is 2. The highest BCUT2D eigenvalue weighted by Gasteiger charge is 2.10. The maximum Gasteiger partial charge on any atom is 0.257 e. The average Bonchev–Trinajstić information content (AvgIpc) is 2.52. The lowest BCUT2D eigenvalue weighted by molar-refractivity contribution is 0.0977. The first kappa shape index (κ1) is 18.2. The molecule has 4 nitrogen and oxygen atoms in total. The van der Waals surface area contributed by atoms with Gasteiger partial charge in [0.15, 0.2) is 5.11 Å². The fourth-order valence-electron chi connectivity index (χ4n) is 2.03. The predicted octanol–water partition coefficient (Wildman–Crippen LogP) is 4.56. The van der Waals surface area contributed by atoms with Gasteiger partial charge in [0.2, 0.25) is 0 Å². The Balaban J connectivity index is 1.98. The van der Waals surface area contributed by atoms with Crippen LogP contribution in [0, 0.1) is 6.92 Å². The van der Waals surface area contributed by atoms with Crippen molar-refractivity contribution < 1.29 is 9.53 Å². The molecular formula is C18H19ClN2O2S. The van der Waals surface area contributed by atoms with Crippen LogP contribution in [-0.4, -0.2) is 17.1 Å². The number of ether oxygens (including phenoxy) is 1. The largest absolute Gasteiger partial charge is 0.491 e. The summed E-state index contributed by atoms with van der Waals surface area (Å²) in [6, 6.07) is 12.4. The molecule has 2 rings (SSSR count). The van der Waals surface area contributed by atoms with Gasteiger partial charge in [0.05, 0.1) is 6.10 Å². The fourth-order valence-corrected chi connectivity index (χ4v) is 2.41. The smallest absolute Gasteiger partial charge is 0.257 e. The molecule has 24 heavy (non-hydrogen) atoms. The molecule has 2 aromatic carbocycles. The Morgan fingerprint density at radius 1 is 1.17 bits per heavy atom. The Morgan fingerprint density at radius 2 is 1.83 bits per heavy atom. The van der Waals surface area contributed by atoms with E-state index >= 15 is 0 Å². The molecule has 2 aromatic rings. The Labute approximate surface area is 152 Å². The number of thiocarbonyl (C=S) groups is 1. The van der Waals surface area contributed by atoms with E-state index in [4.69, 9.17) is 28.6 Å². The minimum Gasteiger partial charge on any atom is -0.491 e. The molecule has 6 heteroatoms. The van der Waals surface area contributed by atoms with Crippen LogP contribution in [0.4, 0.5) is 5.69 Å². The van der Waals surface area contributed by atoms with Gasteiger partial charge in [-0.25, -0.2) is 0 Å². The first-order valence-electron chi connectivity index (χ1n) is 7.51. The standard InChI is InChI=1S/C18H19ClN2O2S/c1-11(2)23-14-9-7-13(8-10-14)17(22)21-18(24)20-16-6-4-5-15(19)12(16)3/h4-11H,1-3H3,(H2,20,21,22,24). The molecule has 2 N–H and O–H groups in total. The first-order chi connectivity index (χ1) is 11.4. The van der Waals surface area contributed by atoms with Gasteiger partial charge in [-0.1, -0.05) is 17.7 Å². The van der Waals surface area contributed by atoms with Gasteiger partial charge in [0, 0.05) is 16.3 Å². The van der Waals surface area contributed by atoms with Gasteiger partial charge in [-0.2, -0.15) is 0 Å². The van der Waals surface area contributed by atoms with Crippen molar-refractivity contribution in [2.75, 3.05) is 5.32 Å². The normalized spacial score (nSPS) is 10.4. The third-order valence-electron chi connectivity index (χ3n) is 3.23. The molecule has 0 aliphatic rings. The number of hydrogen-bond acceptors (Lipinski definition) is 3. The highest BCUT2D eigenvalue weighted by atomic mass is 35.5. The van der Waals surface area contributed by atoms with Crippen molar-refractivity contribution in [3.05, 3.63) is 58.6 Å². The van der Waals surface area contributed by atoms with Crippen LogP contribution in [0.5, 0.6) is 5.75 Å². The number of anilines is 1. The Bertz CT molecular complexity index is 745. The Kier molecular flexibility index (Phi) is 6.17. The van der Waals surface area contributed by atoms with Gasteiger partial charge in [0.1, 0.15) is 5.75 Å². The van der Waals surface area contributed by atoms with Crippen molar-refractivity contribution in [2.45, 2.75) is 26.9 Å². The summed E-state index contributed by atoms with van der Waals surface area (Å²) in [5.74, 6) is 0.431. The highest BCUT2D eigenvalue weighted by Crippen LogP contribution is 2.22. The number of carbonyl (C=O) groups excluding carboxylic acids is 1. The second-order valence-corrected chi connectivity index (χ2v) is 6.33. The van der Waals surface area contributed by atoms with E-state index in [0.717, 1.165) is 17.0 Å². The number of carbonyl (C=O) groups is 1. The molecule has 0 saturated carbocycles. The zero-order valence-electron chi connectivity index (χ0n) is 13.7. The van der Waals surface area contributed by atoms with Crippen LogP contribution in [0.3, 0.4) is 0 Å². The van der Waals surface area contributed by atoms with Crippen LogP contribution in [0.2, 0.25) is 5.02 Å². The van der Waals surface area contributed by atoms with E-state index < -0.39 is 0 Å². The van der Waals surface area contributed by atoms with Crippen molar-refractivity contribution >= 4 is 40.5 Å². The van der Waals surface area contributed by atoms with Gasteiger partial charge >= 0.3 is 0 Å². The molecule has 0 radical (unpaired) electrons. The molecule has 0 spiro atoms. The zero-order valence-corrected chi connectivity index (χ0v) is 15.3. The van der Waals surface area contributed by atoms with E-state index in [0.29, 0.717) is 10.6 Å². The van der Waals surface area contributed by atoms with E-state index in [9.17, 15) is 4.79 Å². The molecule has 0 bridgehead atoms. The lowest BCUT2D eigenvalue weighted by Gasteiger charge is -2.13. The van der Waals surface area contributed by atoms with E-state index in [1.165, 1.54) is 0 Å². The maximum atomic E-state index is 12.2. The number of amides is 1. The highest BCUT2D eigenvalue weighted by molar-refractivity contribution is 7.80. The third kappa shape index (κ3) is 4.94. The molecule has 0 fully saturated rings. The van der Waals surface area contributed by atoms with Crippen LogP contribution in [-0.2, 0) is 0 Å². The lowest BCUT2D eigenvalue weighted by Crippen LogP contribution is -2.34. The molecule has 1 amide bonds. The molecule has 0 aliphatic carbocycles. The summed E-state index contributed by atoms with van der Waals surface area (Å²) in [5.41, 5.74) is 2.12.